The van der Waals surface area contributed by atoms with E-state index in [2.05, 4.69) is 33.3 Å². The molecule has 0 amide bonds. The lowest BCUT2D eigenvalue weighted by Gasteiger charge is -2.02. The summed E-state index contributed by atoms with van der Waals surface area (Å²) in [6.45, 7) is 2.88. The zero-order chi connectivity index (χ0) is 9.68. The number of nitrogens with two attached hydrogens (primary N) is 1. The lowest BCUT2D eigenvalue weighted by atomic mass is 10.4. The van der Waals surface area contributed by atoms with Crippen molar-refractivity contribution in [1.29, 1.82) is 0 Å². The van der Waals surface area contributed by atoms with Crippen molar-refractivity contribution in [1.82, 2.24) is 5.43 Å². The molecular formula is C8H12BrN3S. The summed E-state index contributed by atoms with van der Waals surface area (Å²) < 4.78 is 1.03. The number of thiophene rings is 1. The van der Waals surface area contributed by atoms with Crippen molar-refractivity contribution in [2.75, 3.05) is 6.54 Å². The highest BCUT2D eigenvalue weighted by molar-refractivity contribution is 9.10. The van der Waals surface area contributed by atoms with Gasteiger partial charge in [-0.05, 0) is 33.8 Å². The van der Waals surface area contributed by atoms with Crippen molar-refractivity contribution >= 4 is 33.1 Å². The van der Waals surface area contributed by atoms with E-state index in [1.807, 2.05) is 11.4 Å². The van der Waals surface area contributed by atoms with E-state index in [9.17, 15) is 0 Å². The van der Waals surface area contributed by atoms with Crippen LogP contribution in [0.2, 0.25) is 0 Å². The number of aliphatic imine (C=N–C) groups is 1. The first-order valence-corrected chi connectivity index (χ1v) is 5.71. The summed E-state index contributed by atoms with van der Waals surface area (Å²) in [6.07, 6.45) is 1.02. The maximum Gasteiger partial charge on any atom is 0.153 e. The van der Waals surface area contributed by atoms with Gasteiger partial charge in [0.15, 0.2) is 5.84 Å². The fourth-order valence-corrected chi connectivity index (χ4v) is 2.40. The van der Waals surface area contributed by atoms with Crippen LogP contribution in [0.5, 0.6) is 0 Å². The molecule has 0 bridgehead atoms. The number of hydrogen-bond acceptors (Lipinski definition) is 3. The molecule has 0 atom stereocenters. The third-order valence-electron chi connectivity index (χ3n) is 1.46. The van der Waals surface area contributed by atoms with E-state index < -0.39 is 0 Å². The van der Waals surface area contributed by atoms with E-state index in [1.54, 1.807) is 11.3 Å². The van der Waals surface area contributed by atoms with Crippen LogP contribution < -0.4 is 11.3 Å². The molecule has 0 saturated heterocycles. The van der Waals surface area contributed by atoms with E-state index >= 15 is 0 Å². The van der Waals surface area contributed by atoms with E-state index in [4.69, 9.17) is 5.84 Å². The third-order valence-corrected chi connectivity index (χ3v) is 3.31. The van der Waals surface area contributed by atoms with Gasteiger partial charge in [-0.15, -0.1) is 11.3 Å². The van der Waals surface area contributed by atoms with Gasteiger partial charge in [0.05, 0.1) is 4.88 Å². The molecule has 1 aromatic rings. The molecule has 0 aliphatic rings. The van der Waals surface area contributed by atoms with E-state index in [0.29, 0.717) is 0 Å². The Morgan fingerprint density at radius 3 is 3.00 bits per heavy atom. The van der Waals surface area contributed by atoms with Crippen LogP contribution >= 0.6 is 27.3 Å². The minimum atomic E-state index is 0.753. The zero-order valence-corrected chi connectivity index (χ0v) is 9.78. The van der Waals surface area contributed by atoms with E-state index in [0.717, 1.165) is 28.2 Å². The number of hydrogen-bond donors (Lipinski definition) is 2. The molecular weight excluding hydrogens is 250 g/mol. The average molecular weight is 262 g/mol. The summed E-state index contributed by atoms with van der Waals surface area (Å²) >= 11 is 5.05. The van der Waals surface area contributed by atoms with Gasteiger partial charge in [-0.2, -0.15) is 0 Å². The van der Waals surface area contributed by atoms with Gasteiger partial charge >= 0.3 is 0 Å². The topological polar surface area (TPSA) is 50.4 Å². The molecule has 0 radical (unpaired) electrons. The van der Waals surface area contributed by atoms with Crippen molar-refractivity contribution in [3.05, 3.63) is 20.8 Å². The smallest absolute Gasteiger partial charge is 0.153 e. The molecule has 1 aromatic heterocycles. The first kappa shape index (κ1) is 10.7. The zero-order valence-electron chi connectivity index (χ0n) is 7.38. The Morgan fingerprint density at radius 1 is 1.77 bits per heavy atom. The van der Waals surface area contributed by atoms with Crippen LogP contribution in [-0.4, -0.2) is 12.4 Å². The maximum atomic E-state index is 5.38. The lowest BCUT2D eigenvalue weighted by molar-refractivity contribution is 0.909. The standard InChI is InChI=1S/C8H12BrN3S/c1-2-4-11-8(12-10)7-6(9)3-5-13-7/h3,5H,2,4,10H2,1H3,(H,11,12). The molecule has 0 aliphatic carbocycles. The average Bonchev–Trinajstić information content (AvgIpc) is 2.54. The van der Waals surface area contributed by atoms with Gasteiger partial charge in [0.1, 0.15) is 0 Å². The molecule has 0 spiro atoms. The second kappa shape index (κ2) is 5.36. The van der Waals surface area contributed by atoms with Gasteiger partial charge in [-0.25, -0.2) is 5.84 Å². The molecule has 5 heteroatoms. The Labute approximate surface area is 90.2 Å². The van der Waals surface area contributed by atoms with Crippen LogP contribution in [0.1, 0.15) is 18.2 Å². The summed E-state index contributed by atoms with van der Waals surface area (Å²) in [4.78, 5) is 5.38. The van der Waals surface area contributed by atoms with Crippen LogP contribution in [0.4, 0.5) is 0 Å². The molecule has 1 rings (SSSR count). The maximum absolute atomic E-state index is 5.38. The first-order chi connectivity index (χ1) is 6.29. The fraction of sp³-hybridized carbons (Fsp3) is 0.375. The molecule has 0 aliphatic heterocycles. The molecule has 3 nitrogen and oxygen atoms in total. The van der Waals surface area contributed by atoms with Gasteiger partial charge in [0, 0.05) is 11.0 Å². The number of amidine groups is 1. The Morgan fingerprint density at radius 2 is 2.54 bits per heavy atom. The minimum Gasteiger partial charge on any atom is -0.308 e. The number of nitrogens with zero attached hydrogens (tertiary/aromatic N) is 1. The molecule has 0 saturated carbocycles. The van der Waals surface area contributed by atoms with Crippen molar-refractivity contribution in [3.8, 4) is 0 Å². The van der Waals surface area contributed by atoms with Crippen molar-refractivity contribution in [3.63, 3.8) is 0 Å². The van der Waals surface area contributed by atoms with Gasteiger partial charge in [0.2, 0.25) is 0 Å². The first-order valence-electron chi connectivity index (χ1n) is 4.04. The van der Waals surface area contributed by atoms with E-state index in [-0.39, 0.29) is 0 Å². The van der Waals surface area contributed by atoms with Crippen LogP contribution in [-0.2, 0) is 0 Å². The van der Waals surface area contributed by atoms with E-state index in [1.165, 1.54) is 0 Å². The monoisotopic (exact) mass is 261 g/mol. The number of halogens is 1. The predicted molar refractivity (Wildman–Crippen MR) is 61.0 cm³/mol. The fourth-order valence-electron chi connectivity index (χ4n) is 0.869. The molecule has 1 heterocycles. The molecule has 0 fully saturated rings. The summed E-state index contributed by atoms with van der Waals surface area (Å²) in [7, 11) is 0. The second-order valence-electron chi connectivity index (χ2n) is 2.47. The third kappa shape index (κ3) is 2.79. The van der Waals surface area contributed by atoms with Crippen LogP contribution in [0.25, 0.3) is 0 Å². The molecule has 0 unspecified atom stereocenters. The van der Waals surface area contributed by atoms with Crippen molar-refractivity contribution in [2.24, 2.45) is 10.8 Å². The van der Waals surface area contributed by atoms with Gasteiger partial charge in [0.25, 0.3) is 0 Å². The molecule has 3 N–H and O–H groups in total. The second-order valence-corrected chi connectivity index (χ2v) is 4.24. The Balaban J connectivity index is 2.84. The van der Waals surface area contributed by atoms with Crippen LogP contribution in [0, 0.1) is 0 Å². The Kier molecular flexibility index (Phi) is 4.41. The summed E-state index contributed by atoms with van der Waals surface area (Å²) in [5.74, 6) is 6.13. The Hall–Kier alpha value is -0.390. The lowest BCUT2D eigenvalue weighted by Crippen LogP contribution is -2.30. The summed E-state index contributed by atoms with van der Waals surface area (Å²) in [5, 5.41) is 2.00. The molecule has 13 heavy (non-hydrogen) atoms. The van der Waals surface area contributed by atoms with Gasteiger partial charge in [-0.1, -0.05) is 6.92 Å². The Bertz CT molecular complexity index is 295. The van der Waals surface area contributed by atoms with Crippen LogP contribution in [0.15, 0.2) is 20.9 Å². The van der Waals surface area contributed by atoms with Crippen molar-refractivity contribution < 1.29 is 0 Å². The highest BCUT2D eigenvalue weighted by atomic mass is 79.9. The number of nitrogens with one attached hydrogen (secondary N) is 1. The highest BCUT2D eigenvalue weighted by Crippen LogP contribution is 2.22. The highest BCUT2D eigenvalue weighted by Gasteiger charge is 2.06. The summed E-state index contributed by atoms with van der Waals surface area (Å²) in [5.41, 5.74) is 2.61. The van der Waals surface area contributed by atoms with Crippen LogP contribution in [0.3, 0.4) is 0 Å². The predicted octanol–water partition coefficient (Wildman–Crippen LogP) is 2.13. The number of rotatable bonds is 3. The quantitative estimate of drug-likeness (QED) is 0.379. The SMILES string of the molecule is CCCN=C(NN)c1sccc1Br. The van der Waals surface area contributed by atoms with Crippen molar-refractivity contribution in [2.45, 2.75) is 13.3 Å². The normalized spacial score (nSPS) is 11.8. The van der Waals surface area contributed by atoms with Gasteiger partial charge < -0.3 is 5.43 Å². The molecule has 0 aromatic carbocycles. The summed E-state index contributed by atoms with van der Waals surface area (Å²) in [6, 6.07) is 1.98. The minimum absolute atomic E-state index is 0.753. The molecule has 72 valence electrons. The largest absolute Gasteiger partial charge is 0.308 e. The number of hydrazine groups is 1. The van der Waals surface area contributed by atoms with Gasteiger partial charge in [-0.3, -0.25) is 4.99 Å².